The van der Waals surface area contributed by atoms with Crippen LogP contribution in [0.25, 0.3) is 0 Å². The van der Waals surface area contributed by atoms with Crippen LogP contribution in [0.5, 0.6) is 0 Å². The fourth-order valence-corrected chi connectivity index (χ4v) is 4.24. The minimum Gasteiger partial charge on any atom is -0.303 e. The van der Waals surface area contributed by atoms with Crippen LogP contribution in [-0.2, 0) is 6.54 Å². The first kappa shape index (κ1) is 14.8. The van der Waals surface area contributed by atoms with Crippen molar-refractivity contribution in [1.82, 2.24) is 15.1 Å². The highest BCUT2D eigenvalue weighted by Gasteiger charge is 2.16. The zero-order valence-corrected chi connectivity index (χ0v) is 14.0. The van der Waals surface area contributed by atoms with Crippen LogP contribution in [0, 0.1) is 6.92 Å². The molecule has 0 aliphatic heterocycles. The molecule has 110 valence electrons. The molecule has 0 saturated carbocycles. The van der Waals surface area contributed by atoms with Gasteiger partial charge in [0.1, 0.15) is 0 Å². The lowest BCUT2D eigenvalue weighted by atomic mass is 10.2. The molecule has 1 unspecified atom stereocenters. The van der Waals surface area contributed by atoms with Gasteiger partial charge in [0.15, 0.2) is 0 Å². The molecule has 3 aromatic heterocycles. The smallest absolute Gasteiger partial charge is 0.0931 e. The molecule has 0 aliphatic carbocycles. The molecule has 0 aliphatic rings. The third-order valence-electron chi connectivity index (χ3n) is 3.16. The predicted octanol–water partition coefficient (Wildman–Crippen LogP) is 4.35. The van der Waals surface area contributed by atoms with Gasteiger partial charge in [-0.3, -0.25) is 4.68 Å². The van der Waals surface area contributed by atoms with E-state index >= 15 is 0 Å². The quantitative estimate of drug-likeness (QED) is 0.724. The fraction of sp³-hybridized carbons (Fsp3) is 0.267. The minimum absolute atomic E-state index is 0.208. The zero-order chi connectivity index (χ0) is 14.7. The molecule has 6 heteroatoms. The van der Waals surface area contributed by atoms with Gasteiger partial charge in [0, 0.05) is 22.5 Å². The van der Waals surface area contributed by atoms with Crippen molar-refractivity contribution in [3.63, 3.8) is 0 Å². The summed E-state index contributed by atoms with van der Waals surface area (Å²) in [5, 5.41) is 10.0. The van der Waals surface area contributed by atoms with Crippen LogP contribution < -0.4 is 5.32 Å². The van der Waals surface area contributed by atoms with Crippen molar-refractivity contribution >= 4 is 34.3 Å². The van der Waals surface area contributed by atoms with Crippen LogP contribution in [0.2, 0.25) is 4.34 Å². The summed E-state index contributed by atoms with van der Waals surface area (Å²) in [6.45, 7) is 3.77. The van der Waals surface area contributed by atoms with Gasteiger partial charge in [-0.05, 0) is 36.1 Å². The van der Waals surface area contributed by atoms with E-state index in [9.17, 15) is 0 Å². The first-order valence-electron chi connectivity index (χ1n) is 6.73. The Morgan fingerprint density at radius 3 is 2.86 bits per heavy atom. The van der Waals surface area contributed by atoms with E-state index in [2.05, 4.69) is 47.1 Å². The zero-order valence-electron chi connectivity index (χ0n) is 11.6. The molecular weight excluding hydrogens is 322 g/mol. The van der Waals surface area contributed by atoms with E-state index in [0.29, 0.717) is 0 Å². The molecule has 0 saturated heterocycles. The number of thiophene rings is 2. The molecule has 1 N–H and O–H groups in total. The van der Waals surface area contributed by atoms with Gasteiger partial charge in [-0.25, -0.2) is 0 Å². The molecule has 0 bridgehead atoms. The Hall–Kier alpha value is -1.14. The Balaban J connectivity index is 1.68. The number of halogens is 1. The van der Waals surface area contributed by atoms with Crippen molar-refractivity contribution in [3.05, 3.63) is 61.7 Å². The van der Waals surface area contributed by atoms with Gasteiger partial charge in [0.25, 0.3) is 0 Å². The summed E-state index contributed by atoms with van der Waals surface area (Å²) in [4.78, 5) is 2.56. The number of aromatic nitrogens is 2. The third kappa shape index (κ3) is 3.74. The van der Waals surface area contributed by atoms with Crippen molar-refractivity contribution in [2.75, 3.05) is 6.54 Å². The van der Waals surface area contributed by atoms with Crippen LogP contribution in [0.15, 0.2) is 42.0 Å². The molecule has 3 rings (SSSR count). The topological polar surface area (TPSA) is 29.9 Å². The van der Waals surface area contributed by atoms with E-state index in [1.54, 1.807) is 22.7 Å². The van der Waals surface area contributed by atoms with E-state index in [1.807, 2.05) is 16.9 Å². The lowest BCUT2D eigenvalue weighted by molar-refractivity contribution is 0.529. The lowest BCUT2D eigenvalue weighted by Crippen LogP contribution is -2.25. The highest BCUT2D eigenvalue weighted by molar-refractivity contribution is 7.16. The summed E-state index contributed by atoms with van der Waals surface area (Å²) < 4.78 is 2.80. The standard InChI is InChI=1S/C15H16ClN3S2/c1-11-9-18-19(10-11)7-6-17-15(12-3-2-8-20-12)13-4-5-14(16)21-13/h2-5,8-10,15,17H,6-7H2,1H3. The highest BCUT2D eigenvalue weighted by Crippen LogP contribution is 2.32. The van der Waals surface area contributed by atoms with Crippen molar-refractivity contribution in [2.45, 2.75) is 19.5 Å². The molecule has 0 spiro atoms. The Bertz CT molecular complexity index is 687. The molecule has 0 aromatic carbocycles. The summed E-state index contributed by atoms with van der Waals surface area (Å²) >= 11 is 9.47. The highest BCUT2D eigenvalue weighted by atomic mass is 35.5. The number of hydrogen-bond acceptors (Lipinski definition) is 4. The monoisotopic (exact) mass is 337 g/mol. The number of hydrogen-bond donors (Lipinski definition) is 1. The van der Waals surface area contributed by atoms with E-state index in [0.717, 1.165) is 17.4 Å². The average Bonchev–Trinajstić information content (AvgIpc) is 3.17. The Morgan fingerprint density at radius 2 is 2.24 bits per heavy atom. The molecule has 1 atom stereocenters. The first-order chi connectivity index (χ1) is 10.2. The molecule has 3 aromatic rings. The maximum absolute atomic E-state index is 6.08. The molecule has 0 amide bonds. The first-order valence-corrected chi connectivity index (χ1v) is 8.81. The van der Waals surface area contributed by atoms with E-state index < -0.39 is 0 Å². The van der Waals surface area contributed by atoms with Crippen LogP contribution in [0.3, 0.4) is 0 Å². The summed E-state index contributed by atoms with van der Waals surface area (Å²) in [6.07, 6.45) is 3.94. The largest absolute Gasteiger partial charge is 0.303 e. The number of nitrogens with one attached hydrogen (secondary N) is 1. The predicted molar refractivity (Wildman–Crippen MR) is 90.5 cm³/mol. The molecule has 3 heterocycles. The van der Waals surface area contributed by atoms with Crippen LogP contribution in [0.4, 0.5) is 0 Å². The number of aryl methyl sites for hydroxylation is 1. The van der Waals surface area contributed by atoms with Crippen molar-refractivity contribution in [1.29, 1.82) is 0 Å². The van der Waals surface area contributed by atoms with Gasteiger partial charge >= 0.3 is 0 Å². The fourth-order valence-electron chi connectivity index (χ4n) is 2.19. The molecule has 0 fully saturated rings. The average molecular weight is 338 g/mol. The van der Waals surface area contributed by atoms with Crippen LogP contribution >= 0.6 is 34.3 Å². The molecule has 21 heavy (non-hydrogen) atoms. The van der Waals surface area contributed by atoms with Crippen LogP contribution in [-0.4, -0.2) is 16.3 Å². The second kappa shape index (κ2) is 6.75. The SMILES string of the molecule is Cc1cnn(CCNC(c2cccs2)c2ccc(Cl)s2)c1. The number of nitrogens with zero attached hydrogens (tertiary/aromatic N) is 2. The summed E-state index contributed by atoms with van der Waals surface area (Å²) in [5.41, 5.74) is 1.19. The third-order valence-corrected chi connectivity index (χ3v) is 5.39. The van der Waals surface area contributed by atoms with Gasteiger partial charge in [0.05, 0.1) is 23.1 Å². The van der Waals surface area contributed by atoms with Gasteiger partial charge in [-0.1, -0.05) is 17.7 Å². The minimum atomic E-state index is 0.208. The van der Waals surface area contributed by atoms with E-state index in [-0.39, 0.29) is 6.04 Å². The van der Waals surface area contributed by atoms with Crippen LogP contribution in [0.1, 0.15) is 21.4 Å². The van der Waals surface area contributed by atoms with Gasteiger partial charge < -0.3 is 5.32 Å². The maximum Gasteiger partial charge on any atom is 0.0931 e. The normalized spacial score (nSPS) is 12.7. The second-order valence-corrected chi connectivity index (χ2v) is 7.55. The molecule has 0 radical (unpaired) electrons. The van der Waals surface area contributed by atoms with Gasteiger partial charge in [0.2, 0.25) is 0 Å². The second-order valence-electron chi connectivity index (χ2n) is 4.83. The summed E-state index contributed by atoms with van der Waals surface area (Å²) in [6, 6.07) is 8.51. The summed E-state index contributed by atoms with van der Waals surface area (Å²) in [7, 11) is 0. The van der Waals surface area contributed by atoms with Crippen molar-refractivity contribution < 1.29 is 0 Å². The lowest BCUT2D eigenvalue weighted by Gasteiger charge is -2.16. The van der Waals surface area contributed by atoms with Crippen molar-refractivity contribution in [3.8, 4) is 0 Å². The Morgan fingerprint density at radius 1 is 1.33 bits per heavy atom. The number of rotatable bonds is 6. The Labute approximate surface area is 137 Å². The van der Waals surface area contributed by atoms with Gasteiger partial charge in [-0.2, -0.15) is 5.10 Å². The molecular formula is C15H16ClN3S2. The van der Waals surface area contributed by atoms with E-state index in [4.69, 9.17) is 11.6 Å². The maximum atomic E-state index is 6.08. The molecule has 3 nitrogen and oxygen atoms in total. The van der Waals surface area contributed by atoms with Gasteiger partial charge in [-0.15, -0.1) is 22.7 Å². The Kier molecular flexibility index (Phi) is 4.75. The van der Waals surface area contributed by atoms with Crippen molar-refractivity contribution in [2.24, 2.45) is 0 Å². The summed E-state index contributed by atoms with van der Waals surface area (Å²) in [5.74, 6) is 0. The van der Waals surface area contributed by atoms with E-state index in [1.165, 1.54) is 15.3 Å².